The fraction of sp³-hybridized carbons (Fsp3) is 0.500. The van der Waals surface area contributed by atoms with Crippen LogP contribution in [-0.2, 0) is 4.74 Å². The third-order valence-electron chi connectivity index (χ3n) is 1.03. The number of rotatable bonds is 5. The lowest BCUT2D eigenvalue weighted by Gasteiger charge is -2.06. The normalized spacial score (nSPS) is 10.7. The van der Waals surface area contributed by atoms with Gasteiger partial charge in [0, 0.05) is 5.70 Å². The quantitative estimate of drug-likeness (QED) is 0.455. The van der Waals surface area contributed by atoms with Crippen molar-refractivity contribution >= 4 is 6.21 Å². The van der Waals surface area contributed by atoms with Gasteiger partial charge in [0.2, 0.25) is 0 Å². The molecule has 0 amide bonds. The molecule has 68 valence electrons. The van der Waals surface area contributed by atoms with Crippen molar-refractivity contribution in [1.29, 1.82) is 0 Å². The average Bonchev–Trinajstić information content (AvgIpc) is 1.96. The van der Waals surface area contributed by atoms with E-state index in [0.29, 0.717) is 18.3 Å². The molecule has 0 unspecified atom stereocenters. The molecule has 2 nitrogen and oxygen atoms in total. The smallest absolute Gasteiger partial charge is 0.130 e. The Morgan fingerprint density at radius 2 is 2.08 bits per heavy atom. The molecule has 0 fully saturated rings. The summed E-state index contributed by atoms with van der Waals surface area (Å²) >= 11 is 0. The molecule has 0 saturated carbocycles. The van der Waals surface area contributed by atoms with Crippen molar-refractivity contribution in [2.75, 3.05) is 6.61 Å². The van der Waals surface area contributed by atoms with E-state index in [1.165, 1.54) is 0 Å². The lowest BCUT2D eigenvalue weighted by molar-refractivity contribution is 0.198. The predicted molar refractivity (Wildman–Crippen MR) is 53.2 cm³/mol. The minimum absolute atomic E-state index is 0.514. The second-order valence-corrected chi connectivity index (χ2v) is 3.16. The summed E-state index contributed by atoms with van der Waals surface area (Å²) in [5.41, 5.74) is 0.754. The first kappa shape index (κ1) is 11.0. The molecule has 0 saturated heterocycles. The predicted octanol–water partition coefficient (Wildman–Crippen LogP) is 2.78. The number of allylic oxidation sites excluding steroid dienone is 2. The average molecular weight is 167 g/mol. The highest BCUT2D eigenvalue weighted by atomic mass is 16.5. The summed E-state index contributed by atoms with van der Waals surface area (Å²) < 4.78 is 5.27. The van der Waals surface area contributed by atoms with Crippen molar-refractivity contribution in [3.05, 3.63) is 24.6 Å². The topological polar surface area (TPSA) is 21.6 Å². The van der Waals surface area contributed by atoms with Crippen LogP contribution in [0.1, 0.15) is 20.8 Å². The molecule has 0 heterocycles. The molecule has 0 aromatic heterocycles. The highest BCUT2D eigenvalue weighted by Gasteiger charge is 1.94. The first-order chi connectivity index (χ1) is 5.52. The highest BCUT2D eigenvalue weighted by Crippen LogP contribution is 1.98. The van der Waals surface area contributed by atoms with Crippen molar-refractivity contribution in [3.8, 4) is 0 Å². The van der Waals surface area contributed by atoms with Crippen molar-refractivity contribution in [1.82, 2.24) is 0 Å². The van der Waals surface area contributed by atoms with Gasteiger partial charge in [0.05, 0.1) is 12.8 Å². The van der Waals surface area contributed by atoms with Crippen LogP contribution in [0.25, 0.3) is 0 Å². The Bertz CT molecular complexity index is 192. The number of aliphatic imine (C=N–C) groups is 1. The SMILES string of the molecule is C=C(C)N=CC(=C)OCC(C)C. The summed E-state index contributed by atoms with van der Waals surface area (Å²) in [7, 11) is 0. The van der Waals surface area contributed by atoms with E-state index in [1.54, 1.807) is 6.21 Å². The maximum atomic E-state index is 5.27. The second kappa shape index (κ2) is 5.58. The van der Waals surface area contributed by atoms with Crippen LogP contribution in [0.4, 0.5) is 0 Å². The third kappa shape index (κ3) is 7.06. The summed E-state index contributed by atoms with van der Waals surface area (Å²) in [6.45, 7) is 14.0. The van der Waals surface area contributed by atoms with Gasteiger partial charge in [0.1, 0.15) is 5.76 Å². The molecular weight excluding hydrogens is 150 g/mol. The molecule has 12 heavy (non-hydrogen) atoms. The third-order valence-corrected chi connectivity index (χ3v) is 1.03. The van der Waals surface area contributed by atoms with Crippen molar-refractivity contribution in [2.45, 2.75) is 20.8 Å². The Kier molecular flexibility index (Phi) is 5.09. The monoisotopic (exact) mass is 167 g/mol. The molecule has 0 bridgehead atoms. The summed E-state index contributed by atoms with van der Waals surface area (Å²) in [4.78, 5) is 3.96. The van der Waals surface area contributed by atoms with Crippen LogP contribution in [0.15, 0.2) is 29.6 Å². The van der Waals surface area contributed by atoms with Gasteiger partial charge in [0.15, 0.2) is 0 Å². The zero-order chi connectivity index (χ0) is 9.56. The maximum Gasteiger partial charge on any atom is 0.130 e. The Hall–Kier alpha value is -1.05. The van der Waals surface area contributed by atoms with Crippen LogP contribution >= 0.6 is 0 Å². The van der Waals surface area contributed by atoms with Gasteiger partial charge in [-0.2, -0.15) is 0 Å². The molecule has 0 aliphatic rings. The lowest BCUT2D eigenvalue weighted by Crippen LogP contribution is -2.01. The molecule has 2 heteroatoms. The lowest BCUT2D eigenvalue weighted by atomic mass is 10.2. The van der Waals surface area contributed by atoms with Crippen molar-refractivity contribution in [2.24, 2.45) is 10.9 Å². The van der Waals surface area contributed by atoms with E-state index in [1.807, 2.05) is 6.92 Å². The zero-order valence-electron chi connectivity index (χ0n) is 8.13. The zero-order valence-corrected chi connectivity index (χ0v) is 8.13. The first-order valence-corrected chi connectivity index (χ1v) is 4.03. The van der Waals surface area contributed by atoms with Crippen LogP contribution in [-0.4, -0.2) is 12.8 Å². The van der Waals surface area contributed by atoms with Gasteiger partial charge in [-0.05, 0) is 12.8 Å². The van der Waals surface area contributed by atoms with Crippen LogP contribution in [0.5, 0.6) is 0 Å². The fourth-order valence-corrected chi connectivity index (χ4v) is 0.493. The first-order valence-electron chi connectivity index (χ1n) is 4.03. The summed E-state index contributed by atoms with van der Waals surface area (Å²) in [6, 6.07) is 0. The molecule has 0 aromatic rings. The highest BCUT2D eigenvalue weighted by molar-refractivity contribution is 5.75. The number of hydrogen-bond donors (Lipinski definition) is 0. The molecule has 0 spiro atoms. The van der Waals surface area contributed by atoms with E-state index in [0.717, 1.165) is 5.70 Å². The standard InChI is InChI=1S/C10H17NO/c1-8(2)7-12-10(5)6-11-9(3)4/h6,8H,3,5,7H2,1-2,4H3. The molecule has 0 N–H and O–H groups in total. The largest absolute Gasteiger partial charge is 0.492 e. The molecule has 0 atom stereocenters. The van der Waals surface area contributed by atoms with Gasteiger partial charge >= 0.3 is 0 Å². The van der Waals surface area contributed by atoms with Crippen LogP contribution in [0.3, 0.4) is 0 Å². The minimum atomic E-state index is 0.514. The van der Waals surface area contributed by atoms with E-state index >= 15 is 0 Å². The van der Waals surface area contributed by atoms with Gasteiger partial charge in [-0.25, -0.2) is 0 Å². The minimum Gasteiger partial charge on any atom is -0.492 e. The number of hydrogen-bond acceptors (Lipinski definition) is 2. The molecular formula is C10H17NO. The fourth-order valence-electron chi connectivity index (χ4n) is 0.493. The van der Waals surface area contributed by atoms with Gasteiger partial charge in [-0.3, -0.25) is 4.99 Å². The molecule has 0 radical (unpaired) electrons. The Labute approximate surface area is 74.7 Å². The van der Waals surface area contributed by atoms with E-state index in [2.05, 4.69) is 32.0 Å². The molecule has 0 rings (SSSR count). The van der Waals surface area contributed by atoms with Crippen LogP contribution in [0, 0.1) is 5.92 Å². The number of ether oxygens (including phenoxy) is 1. The second-order valence-electron chi connectivity index (χ2n) is 3.16. The summed E-state index contributed by atoms with van der Waals surface area (Å²) in [6.07, 6.45) is 1.59. The maximum absolute atomic E-state index is 5.27. The van der Waals surface area contributed by atoms with Crippen molar-refractivity contribution in [3.63, 3.8) is 0 Å². The van der Waals surface area contributed by atoms with Crippen LogP contribution in [0.2, 0.25) is 0 Å². The summed E-state index contributed by atoms with van der Waals surface area (Å²) in [5, 5.41) is 0. The van der Waals surface area contributed by atoms with Gasteiger partial charge < -0.3 is 4.74 Å². The summed E-state index contributed by atoms with van der Waals surface area (Å²) in [5.74, 6) is 1.10. The van der Waals surface area contributed by atoms with Crippen LogP contribution < -0.4 is 0 Å². The molecule has 0 aromatic carbocycles. The van der Waals surface area contributed by atoms with Gasteiger partial charge in [0.25, 0.3) is 0 Å². The van der Waals surface area contributed by atoms with Gasteiger partial charge in [-0.1, -0.05) is 27.0 Å². The molecule has 0 aliphatic carbocycles. The van der Waals surface area contributed by atoms with E-state index < -0.39 is 0 Å². The Balaban J connectivity index is 3.67. The Morgan fingerprint density at radius 3 is 2.50 bits per heavy atom. The van der Waals surface area contributed by atoms with Gasteiger partial charge in [-0.15, -0.1) is 0 Å². The van der Waals surface area contributed by atoms with Crippen molar-refractivity contribution < 1.29 is 4.74 Å². The Morgan fingerprint density at radius 1 is 1.50 bits per heavy atom. The van der Waals surface area contributed by atoms with E-state index in [9.17, 15) is 0 Å². The number of nitrogens with zero attached hydrogens (tertiary/aromatic N) is 1. The van der Waals surface area contributed by atoms with E-state index in [-0.39, 0.29) is 0 Å². The van der Waals surface area contributed by atoms with E-state index in [4.69, 9.17) is 4.74 Å². The molecule has 0 aliphatic heterocycles.